The molecule has 11 heavy (non-hydrogen) atoms. The lowest BCUT2D eigenvalue weighted by Gasteiger charge is -2.01. The Hall–Kier alpha value is -0.610. The molecule has 1 aliphatic heterocycles. The fourth-order valence-corrected chi connectivity index (χ4v) is 1.61. The second-order valence-corrected chi connectivity index (χ2v) is 3.30. The maximum Gasteiger partial charge on any atom is 0.129 e. The fraction of sp³-hybridized carbons (Fsp3) is 0.286. The van der Waals surface area contributed by atoms with Crippen LogP contribution in [-0.4, -0.2) is 4.98 Å². The van der Waals surface area contributed by atoms with E-state index in [9.17, 15) is 0 Å². The summed E-state index contributed by atoms with van der Waals surface area (Å²) < 4.78 is 6.21. The molecule has 2 heterocycles. The van der Waals surface area contributed by atoms with Gasteiger partial charge in [0.1, 0.15) is 5.82 Å². The Morgan fingerprint density at radius 3 is 2.91 bits per heavy atom. The van der Waals surface area contributed by atoms with Crippen molar-refractivity contribution >= 4 is 21.7 Å². The van der Waals surface area contributed by atoms with Gasteiger partial charge < -0.3 is 10.5 Å². The lowest BCUT2D eigenvalue weighted by atomic mass is 10.2. The van der Waals surface area contributed by atoms with Gasteiger partial charge >= 0.3 is 0 Å². The number of aromatic nitrogens is 1. The van der Waals surface area contributed by atoms with Crippen LogP contribution in [0.2, 0.25) is 0 Å². The molecule has 1 aliphatic rings. The van der Waals surface area contributed by atoms with Gasteiger partial charge in [0.25, 0.3) is 0 Å². The Labute approximate surface area is 72.7 Å². The molecular weight excluding hydrogens is 208 g/mol. The number of hydrogen-bond donors (Lipinski definition) is 1. The van der Waals surface area contributed by atoms with Gasteiger partial charge in [-0.05, 0) is 15.9 Å². The summed E-state index contributed by atoms with van der Waals surface area (Å²) in [6.07, 6.45) is 1.71. The van der Waals surface area contributed by atoms with Crippen LogP contribution in [0.1, 0.15) is 11.1 Å². The summed E-state index contributed by atoms with van der Waals surface area (Å²) in [6.45, 7) is 1.23. The van der Waals surface area contributed by atoms with Crippen molar-refractivity contribution < 1.29 is 4.74 Å². The standard InChI is InChI=1S/C7H7BrN2O/c8-6-1-10-7(9)5-3-11-2-4(5)6/h1H,2-3H2,(H2,9,10). The number of fused-ring (bicyclic) bond motifs is 1. The lowest BCUT2D eigenvalue weighted by Crippen LogP contribution is -1.97. The molecule has 1 aromatic heterocycles. The van der Waals surface area contributed by atoms with Crippen molar-refractivity contribution in [1.82, 2.24) is 4.98 Å². The third-order valence-corrected chi connectivity index (χ3v) is 2.45. The second-order valence-electron chi connectivity index (χ2n) is 2.44. The Kier molecular flexibility index (Phi) is 1.58. The zero-order chi connectivity index (χ0) is 7.84. The monoisotopic (exact) mass is 214 g/mol. The molecule has 0 unspecified atom stereocenters. The van der Waals surface area contributed by atoms with Gasteiger partial charge in [-0.15, -0.1) is 0 Å². The molecule has 0 aromatic carbocycles. The highest BCUT2D eigenvalue weighted by molar-refractivity contribution is 9.10. The highest BCUT2D eigenvalue weighted by Crippen LogP contribution is 2.29. The van der Waals surface area contributed by atoms with Gasteiger partial charge in [-0.2, -0.15) is 0 Å². The van der Waals surface area contributed by atoms with Gasteiger partial charge in [0, 0.05) is 21.8 Å². The van der Waals surface area contributed by atoms with E-state index in [0.717, 1.165) is 15.6 Å². The summed E-state index contributed by atoms with van der Waals surface area (Å²) in [5.74, 6) is 0.584. The zero-order valence-electron chi connectivity index (χ0n) is 5.80. The maximum absolute atomic E-state index is 5.63. The number of nitrogens with two attached hydrogens (primary N) is 1. The molecule has 2 N–H and O–H groups in total. The molecule has 0 spiro atoms. The molecule has 2 rings (SSSR count). The van der Waals surface area contributed by atoms with E-state index in [2.05, 4.69) is 20.9 Å². The van der Waals surface area contributed by atoms with E-state index in [0.29, 0.717) is 19.0 Å². The van der Waals surface area contributed by atoms with E-state index in [4.69, 9.17) is 10.5 Å². The van der Waals surface area contributed by atoms with Gasteiger partial charge in [-0.25, -0.2) is 4.98 Å². The van der Waals surface area contributed by atoms with E-state index < -0.39 is 0 Å². The van der Waals surface area contributed by atoms with Crippen molar-refractivity contribution in [2.45, 2.75) is 13.2 Å². The second kappa shape index (κ2) is 2.46. The summed E-state index contributed by atoms with van der Waals surface area (Å²) in [6, 6.07) is 0. The Morgan fingerprint density at radius 1 is 1.45 bits per heavy atom. The van der Waals surface area contributed by atoms with E-state index in [1.807, 2.05) is 0 Å². The minimum atomic E-state index is 0.584. The normalized spacial score (nSPS) is 15.0. The number of hydrogen-bond acceptors (Lipinski definition) is 3. The van der Waals surface area contributed by atoms with Gasteiger partial charge in [0.15, 0.2) is 0 Å². The first kappa shape index (κ1) is 7.06. The molecule has 0 fully saturated rings. The topological polar surface area (TPSA) is 48.1 Å². The van der Waals surface area contributed by atoms with Gasteiger partial charge in [0.05, 0.1) is 13.2 Å². The summed E-state index contributed by atoms with van der Waals surface area (Å²) >= 11 is 3.38. The average Bonchev–Trinajstić information content (AvgIpc) is 2.45. The first-order chi connectivity index (χ1) is 5.29. The molecule has 1 aromatic rings. The minimum Gasteiger partial charge on any atom is -0.383 e. The Bertz CT molecular complexity index is 272. The predicted molar refractivity (Wildman–Crippen MR) is 44.8 cm³/mol. The molecule has 0 bridgehead atoms. The third kappa shape index (κ3) is 1.02. The van der Waals surface area contributed by atoms with Crippen molar-refractivity contribution in [2.75, 3.05) is 5.73 Å². The molecule has 4 heteroatoms. The van der Waals surface area contributed by atoms with Crippen molar-refractivity contribution in [3.63, 3.8) is 0 Å². The lowest BCUT2D eigenvalue weighted by molar-refractivity contribution is 0.134. The van der Waals surface area contributed by atoms with E-state index in [1.165, 1.54) is 0 Å². The van der Waals surface area contributed by atoms with Crippen LogP contribution >= 0.6 is 15.9 Å². The van der Waals surface area contributed by atoms with Crippen LogP contribution in [0.25, 0.3) is 0 Å². The summed E-state index contributed by atoms with van der Waals surface area (Å²) in [5, 5.41) is 0. The summed E-state index contributed by atoms with van der Waals surface area (Å²) in [4.78, 5) is 4.00. The number of rotatable bonds is 0. The molecular formula is C7H7BrN2O. The fourth-order valence-electron chi connectivity index (χ4n) is 1.15. The highest BCUT2D eigenvalue weighted by Gasteiger charge is 2.17. The van der Waals surface area contributed by atoms with Crippen LogP contribution in [0.5, 0.6) is 0 Å². The van der Waals surface area contributed by atoms with Crippen molar-refractivity contribution in [1.29, 1.82) is 0 Å². The number of pyridine rings is 1. The molecule has 0 amide bonds. The minimum absolute atomic E-state index is 0.584. The molecule has 0 saturated carbocycles. The smallest absolute Gasteiger partial charge is 0.129 e. The summed E-state index contributed by atoms with van der Waals surface area (Å²) in [5.41, 5.74) is 7.79. The Morgan fingerprint density at radius 2 is 2.18 bits per heavy atom. The number of nitrogens with zero attached hydrogens (tertiary/aromatic N) is 1. The quantitative estimate of drug-likeness (QED) is 0.712. The predicted octanol–water partition coefficient (Wildman–Crippen LogP) is 1.46. The van der Waals surface area contributed by atoms with Crippen molar-refractivity contribution in [2.24, 2.45) is 0 Å². The highest BCUT2D eigenvalue weighted by atomic mass is 79.9. The SMILES string of the molecule is Nc1ncc(Br)c2c1COC2. The maximum atomic E-state index is 5.63. The van der Waals surface area contributed by atoms with Gasteiger partial charge in [0.2, 0.25) is 0 Å². The largest absolute Gasteiger partial charge is 0.383 e. The first-order valence-corrected chi connectivity index (χ1v) is 4.08. The molecule has 58 valence electrons. The van der Waals surface area contributed by atoms with E-state index in [1.54, 1.807) is 6.20 Å². The summed E-state index contributed by atoms with van der Waals surface area (Å²) in [7, 11) is 0. The van der Waals surface area contributed by atoms with Crippen LogP contribution in [0.3, 0.4) is 0 Å². The average molecular weight is 215 g/mol. The first-order valence-electron chi connectivity index (χ1n) is 3.28. The Balaban J connectivity index is 2.64. The van der Waals surface area contributed by atoms with Crippen LogP contribution in [0, 0.1) is 0 Å². The van der Waals surface area contributed by atoms with Crippen molar-refractivity contribution in [3.8, 4) is 0 Å². The van der Waals surface area contributed by atoms with Crippen LogP contribution in [0.4, 0.5) is 5.82 Å². The van der Waals surface area contributed by atoms with E-state index >= 15 is 0 Å². The zero-order valence-corrected chi connectivity index (χ0v) is 7.39. The molecule has 0 aliphatic carbocycles. The molecule has 0 radical (unpaired) electrons. The van der Waals surface area contributed by atoms with Crippen molar-refractivity contribution in [3.05, 3.63) is 21.8 Å². The molecule has 0 saturated heterocycles. The number of halogens is 1. The number of nitrogen functional groups attached to an aromatic ring is 1. The number of anilines is 1. The van der Waals surface area contributed by atoms with Crippen LogP contribution < -0.4 is 5.73 Å². The van der Waals surface area contributed by atoms with Gasteiger partial charge in [-0.3, -0.25) is 0 Å². The molecule has 3 nitrogen and oxygen atoms in total. The van der Waals surface area contributed by atoms with E-state index in [-0.39, 0.29) is 0 Å². The number of ether oxygens (including phenoxy) is 1. The van der Waals surface area contributed by atoms with Crippen LogP contribution in [-0.2, 0) is 18.0 Å². The third-order valence-electron chi connectivity index (χ3n) is 1.77. The van der Waals surface area contributed by atoms with Gasteiger partial charge in [-0.1, -0.05) is 0 Å². The van der Waals surface area contributed by atoms with Crippen LogP contribution in [0.15, 0.2) is 10.7 Å². The molecule has 0 atom stereocenters.